The monoisotopic (exact) mass is 430 g/mol. The van der Waals surface area contributed by atoms with E-state index in [0.29, 0.717) is 13.2 Å². The number of carbonyl (C=O) groups excluding carboxylic acids is 1. The van der Waals surface area contributed by atoms with E-state index < -0.39 is 0 Å². The summed E-state index contributed by atoms with van der Waals surface area (Å²) in [6, 6.07) is 29.1. The minimum absolute atomic E-state index is 0.00630. The van der Waals surface area contributed by atoms with Gasteiger partial charge in [0.25, 0.3) is 0 Å². The smallest absolute Gasteiger partial charge is 0.410 e. The van der Waals surface area contributed by atoms with Crippen LogP contribution in [0.5, 0.6) is 0 Å². The first kappa shape index (κ1) is 22.1. The molecule has 0 aliphatic carbocycles. The Morgan fingerprint density at radius 3 is 1.97 bits per heavy atom. The summed E-state index contributed by atoms with van der Waals surface area (Å²) in [5, 5.41) is 0. The fourth-order valence-electron chi connectivity index (χ4n) is 4.44. The molecule has 4 unspecified atom stereocenters. The molecule has 4 atom stereocenters. The van der Waals surface area contributed by atoms with Crippen LogP contribution in [-0.4, -0.2) is 29.7 Å². The Hall–Kier alpha value is -3.15. The van der Waals surface area contributed by atoms with Crippen LogP contribution in [0.3, 0.4) is 0 Å². The maximum atomic E-state index is 13.2. The Kier molecular flexibility index (Phi) is 7.20. The molecule has 4 rings (SSSR count). The number of carbonyl (C=O) groups is 1. The quantitative estimate of drug-likeness (QED) is 0.577. The summed E-state index contributed by atoms with van der Waals surface area (Å²) in [6.45, 7) is 3.26. The molecule has 1 heterocycles. The molecule has 0 saturated carbocycles. The number of amides is 1. The molecule has 3 aromatic carbocycles. The first-order valence-electron chi connectivity index (χ1n) is 11.1. The van der Waals surface area contributed by atoms with Gasteiger partial charge >= 0.3 is 6.09 Å². The van der Waals surface area contributed by atoms with Gasteiger partial charge in [0.1, 0.15) is 6.61 Å². The highest BCUT2D eigenvalue weighted by Gasteiger charge is 2.48. The molecule has 0 spiro atoms. The lowest BCUT2D eigenvalue weighted by Crippen LogP contribution is -2.39. The van der Waals surface area contributed by atoms with Crippen molar-refractivity contribution in [2.45, 2.75) is 38.3 Å². The van der Waals surface area contributed by atoms with Crippen LogP contribution in [0.25, 0.3) is 0 Å². The van der Waals surface area contributed by atoms with E-state index in [1.165, 1.54) is 0 Å². The fraction of sp³-hybridized carbons (Fsp3) is 0.296. The Bertz CT molecular complexity index is 982. The number of hydrogen-bond acceptors (Lipinski definition) is 4. The molecular weight excluding hydrogens is 400 g/mol. The highest BCUT2D eigenvalue weighted by Crippen LogP contribution is 2.40. The first-order chi connectivity index (χ1) is 15.6. The number of ether oxygens (including phenoxy) is 2. The van der Waals surface area contributed by atoms with Crippen molar-refractivity contribution >= 4 is 6.09 Å². The van der Waals surface area contributed by atoms with Gasteiger partial charge < -0.3 is 15.2 Å². The van der Waals surface area contributed by atoms with E-state index in [2.05, 4.69) is 0 Å². The molecule has 166 valence electrons. The lowest BCUT2D eigenvalue weighted by atomic mass is 9.92. The highest BCUT2D eigenvalue weighted by molar-refractivity contribution is 5.70. The van der Waals surface area contributed by atoms with Gasteiger partial charge in [-0.25, -0.2) is 4.79 Å². The molecule has 32 heavy (non-hydrogen) atoms. The molecule has 5 heteroatoms. The van der Waals surface area contributed by atoms with E-state index in [9.17, 15) is 4.79 Å². The van der Waals surface area contributed by atoms with E-state index in [0.717, 1.165) is 16.7 Å². The summed E-state index contributed by atoms with van der Waals surface area (Å²) < 4.78 is 11.7. The Labute approximate surface area is 189 Å². The molecular formula is C27H30N2O3. The fourth-order valence-corrected chi connectivity index (χ4v) is 4.44. The van der Waals surface area contributed by atoms with E-state index in [4.69, 9.17) is 15.2 Å². The molecule has 1 saturated heterocycles. The van der Waals surface area contributed by atoms with Crippen molar-refractivity contribution in [1.29, 1.82) is 0 Å². The van der Waals surface area contributed by atoms with E-state index in [-0.39, 0.29) is 36.7 Å². The summed E-state index contributed by atoms with van der Waals surface area (Å²) in [6.07, 6.45) is -0.351. The van der Waals surface area contributed by atoms with Crippen LogP contribution in [0.1, 0.15) is 29.7 Å². The van der Waals surface area contributed by atoms with Gasteiger partial charge in [-0.1, -0.05) is 91.0 Å². The van der Waals surface area contributed by atoms with Crippen molar-refractivity contribution in [3.63, 3.8) is 0 Å². The van der Waals surface area contributed by atoms with Gasteiger partial charge in [0.15, 0.2) is 0 Å². The summed E-state index contributed by atoms with van der Waals surface area (Å²) in [7, 11) is 0. The molecule has 1 aliphatic rings. The van der Waals surface area contributed by atoms with Crippen LogP contribution < -0.4 is 5.73 Å². The topological polar surface area (TPSA) is 64.8 Å². The Morgan fingerprint density at radius 1 is 0.844 bits per heavy atom. The maximum Gasteiger partial charge on any atom is 0.410 e. The van der Waals surface area contributed by atoms with Gasteiger partial charge in [0.05, 0.1) is 19.3 Å². The largest absolute Gasteiger partial charge is 0.445 e. The normalized spacial score (nSPS) is 22.6. The van der Waals surface area contributed by atoms with Gasteiger partial charge in [-0.15, -0.1) is 0 Å². The molecule has 1 amide bonds. The summed E-state index contributed by atoms with van der Waals surface area (Å²) in [4.78, 5) is 15.0. The third-order valence-electron chi connectivity index (χ3n) is 6.20. The van der Waals surface area contributed by atoms with Crippen molar-refractivity contribution in [3.8, 4) is 0 Å². The molecule has 1 fully saturated rings. The summed E-state index contributed by atoms with van der Waals surface area (Å²) in [5.41, 5.74) is 9.81. The zero-order chi connectivity index (χ0) is 22.3. The lowest BCUT2D eigenvalue weighted by Gasteiger charge is -2.29. The molecule has 0 aromatic heterocycles. The van der Waals surface area contributed by atoms with E-state index in [1.807, 2.05) is 97.9 Å². The van der Waals surface area contributed by atoms with Gasteiger partial charge in [-0.2, -0.15) is 0 Å². The zero-order valence-electron chi connectivity index (χ0n) is 18.3. The third-order valence-corrected chi connectivity index (χ3v) is 6.20. The van der Waals surface area contributed by atoms with Crippen LogP contribution in [0.15, 0.2) is 91.0 Å². The Morgan fingerprint density at radius 2 is 1.38 bits per heavy atom. The summed E-state index contributed by atoms with van der Waals surface area (Å²) in [5.74, 6) is -0.00630. The lowest BCUT2D eigenvalue weighted by molar-refractivity contribution is 0.0594. The van der Waals surface area contributed by atoms with Crippen LogP contribution >= 0.6 is 0 Å². The van der Waals surface area contributed by atoms with Crippen LogP contribution in [0, 0.1) is 5.92 Å². The number of nitrogens with two attached hydrogens (primary N) is 1. The van der Waals surface area contributed by atoms with Crippen molar-refractivity contribution in [1.82, 2.24) is 4.90 Å². The summed E-state index contributed by atoms with van der Waals surface area (Å²) >= 11 is 0. The molecule has 1 aliphatic heterocycles. The van der Waals surface area contributed by atoms with Crippen molar-refractivity contribution in [2.24, 2.45) is 11.7 Å². The van der Waals surface area contributed by atoms with Crippen molar-refractivity contribution < 1.29 is 14.3 Å². The number of likely N-dealkylation sites (tertiary alicyclic amines) is 1. The molecule has 3 aromatic rings. The second-order valence-electron chi connectivity index (χ2n) is 8.29. The van der Waals surface area contributed by atoms with Crippen LogP contribution in [0.4, 0.5) is 4.79 Å². The van der Waals surface area contributed by atoms with Crippen molar-refractivity contribution in [2.75, 3.05) is 6.61 Å². The molecule has 2 N–H and O–H groups in total. The minimum Gasteiger partial charge on any atom is -0.445 e. The zero-order valence-corrected chi connectivity index (χ0v) is 18.3. The number of hydrogen-bond donors (Lipinski definition) is 1. The van der Waals surface area contributed by atoms with E-state index in [1.54, 1.807) is 4.90 Å². The second kappa shape index (κ2) is 10.4. The van der Waals surface area contributed by atoms with Crippen LogP contribution in [0.2, 0.25) is 0 Å². The van der Waals surface area contributed by atoms with E-state index >= 15 is 0 Å². The van der Waals surface area contributed by atoms with Gasteiger partial charge in [-0.05, 0) is 23.6 Å². The van der Waals surface area contributed by atoms with Crippen molar-refractivity contribution in [3.05, 3.63) is 108 Å². The molecule has 0 bridgehead atoms. The van der Waals surface area contributed by atoms with Crippen LogP contribution in [-0.2, 0) is 22.7 Å². The van der Waals surface area contributed by atoms with Gasteiger partial charge in [0.2, 0.25) is 0 Å². The number of benzene rings is 3. The van der Waals surface area contributed by atoms with Gasteiger partial charge in [-0.3, -0.25) is 4.90 Å². The molecule has 0 radical (unpaired) electrons. The SMILES string of the molecule is CC1C(COCc2ccccc2)C(N)C(c2ccccc2)N1C(=O)OCc1ccccc1. The first-order valence-corrected chi connectivity index (χ1v) is 11.1. The van der Waals surface area contributed by atoms with Gasteiger partial charge in [0, 0.05) is 18.0 Å². The average Bonchev–Trinajstić information content (AvgIpc) is 3.09. The number of rotatable bonds is 7. The standard InChI is InChI=1S/C27H30N2O3/c1-20-24(19-31-17-21-11-5-2-6-12-21)25(28)26(23-15-9-4-10-16-23)29(20)27(30)32-18-22-13-7-3-8-14-22/h2-16,20,24-26H,17-19,28H2,1H3. The number of nitrogens with zero attached hydrogens (tertiary/aromatic N) is 1. The second-order valence-corrected chi connectivity index (χ2v) is 8.29. The maximum absolute atomic E-state index is 13.2. The highest BCUT2D eigenvalue weighted by atomic mass is 16.6. The predicted molar refractivity (Wildman–Crippen MR) is 125 cm³/mol. The third kappa shape index (κ3) is 5.01. The predicted octanol–water partition coefficient (Wildman–Crippen LogP) is 4.93. The minimum atomic E-state index is -0.351. The molecule has 5 nitrogen and oxygen atoms in total. The average molecular weight is 431 g/mol. The Balaban J connectivity index is 1.48.